The van der Waals surface area contributed by atoms with Gasteiger partial charge in [-0.2, -0.15) is 5.48 Å². The number of nitrogens with zero attached hydrogens (tertiary/aromatic N) is 1. The van der Waals surface area contributed by atoms with E-state index in [1.54, 1.807) is 11.3 Å². The molecule has 0 saturated carbocycles. The van der Waals surface area contributed by atoms with Crippen LogP contribution in [0.15, 0.2) is 5.51 Å². The van der Waals surface area contributed by atoms with Gasteiger partial charge in [-0.25, -0.2) is 4.98 Å². The number of thiazole rings is 1. The molecule has 0 amide bonds. The van der Waals surface area contributed by atoms with Crippen molar-refractivity contribution in [3.63, 3.8) is 0 Å². The zero-order chi connectivity index (χ0) is 12.5. The molecular weight excluding hydrogens is 240 g/mol. The first-order valence-electron chi connectivity index (χ1n) is 5.73. The first-order valence-corrected chi connectivity index (χ1v) is 6.61. The lowest BCUT2D eigenvalue weighted by Gasteiger charge is -2.11. The Labute approximate surface area is 106 Å². The minimum absolute atomic E-state index is 0.317. The number of hydrogen-bond acceptors (Lipinski definition) is 6. The van der Waals surface area contributed by atoms with Crippen LogP contribution in [0.5, 0.6) is 0 Å². The van der Waals surface area contributed by atoms with Crippen LogP contribution in [0.2, 0.25) is 0 Å². The summed E-state index contributed by atoms with van der Waals surface area (Å²) in [5.41, 5.74) is 5.57. The molecule has 0 aliphatic carbocycles. The highest BCUT2D eigenvalue weighted by atomic mass is 32.1. The number of aliphatic hydroxyl groups excluding tert-OH is 1. The second-order valence-corrected chi connectivity index (χ2v) is 4.56. The maximum Gasteiger partial charge on any atom is 0.0920 e. The highest BCUT2D eigenvalue weighted by Crippen LogP contribution is 2.12. The molecule has 1 heterocycles. The van der Waals surface area contributed by atoms with E-state index >= 15 is 0 Å². The molecule has 0 fully saturated rings. The van der Waals surface area contributed by atoms with Crippen molar-refractivity contribution in [2.75, 3.05) is 26.4 Å². The number of hydrogen-bond donors (Lipinski definition) is 2. The van der Waals surface area contributed by atoms with E-state index in [4.69, 9.17) is 9.57 Å². The van der Waals surface area contributed by atoms with Gasteiger partial charge in [0.2, 0.25) is 0 Å². The number of aryl methyl sites for hydroxylation is 1. The summed E-state index contributed by atoms with van der Waals surface area (Å²) in [5, 5.41) is 9.51. The number of aliphatic hydroxyl groups is 1. The Morgan fingerprint density at radius 3 is 3.06 bits per heavy atom. The Kier molecular flexibility index (Phi) is 7.30. The summed E-state index contributed by atoms with van der Waals surface area (Å²) in [6, 6.07) is 0. The SMILES string of the molecule is CCONCC(O)COCCc1scnc1C. The maximum atomic E-state index is 9.51. The molecule has 0 spiro atoms. The molecule has 98 valence electrons. The average molecular weight is 260 g/mol. The molecule has 6 heteroatoms. The van der Waals surface area contributed by atoms with Crippen LogP contribution in [0.1, 0.15) is 17.5 Å². The Hall–Kier alpha value is -0.530. The van der Waals surface area contributed by atoms with Crippen molar-refractivity contribution in [2.45, 2.75) is 26.4 Å². The van der Waals surface area contributed by atoms with Gasteiger partial charge in [0.05, 0.1) is 37.1 Å². The molecule has 0 aliphatic rings. The molecule has 0 radical (unpaired) electrons. The molecule has 1 aromatic heterocycles. The Bertz CT molecular complexity index is 307. The zero-order valence-electron chi connectivity index (χ0n) is 10.3. The summed E-state index contributed by atoms with van der Waals surface area (Å²) in [6.45, 7) is 5.76. The number of rotatable bonds is 9. The Morgan fingerprint density at radius 2 is 2.41 bits per heavy atom. The van der Waals surface area contributed by atoms with Gasteiger partial charge in [0.25, 0.3) is 0 Å². The van der Waals surface area contributed by atoms with Crippen molar-refractivity contribution >= 4 is 11.3 Å². The predicted molar refractivity (Wildman–Crippen MR) is 67.0 cm³/mol. The predicted octanol–water partition coefficient (Wildman–Crippen LogP) is 0.913. The highest BCUT2D eigenvalue weighted by molar-refractivity contribution is 7.09. The average Bonchev–Trinajstić information content (AvgIpc) is 2.71. The van der Waals surface area contributed by atoms with Gasteiger partial charge in [-0.3, -0.25) is 0 Å². The van der Waals surface area contributed by atoms with Crippen LogP contribution in [0, 0.1) is 6.92 Å². The molecule has 0 aromatic carbocycles. The van der Waals surface area contributed by atoms with E-state index in [2.05, 4.69) is 10.5 Å². The molecule has 17 heavy (non-hydrogen) atoms. The van der Waals surface area contributed by atoms with Gasteiger partial charge in [-0.05, 0) is 13.8 Å². The normalized spacial score (nSPS) is 12.9. The molecule has 1 rings (SSSR count). The van der Waals surface area contributed by atoms with Crippen molar-refractivity contribution < 1.29 is 14.7 Å². The largest absolute Gasteiger partial charge is 0.389 e. The quantitative estimate of drug-likeness (QED) is 0.510. The molecule has 1 aromatic rings. The van der Waals surface area contributed by atoms with Crippen molar-refractivity contribution in [3.05, 3.63) is 16.1 Å². The van der Waals surface area contributed by atoms with Gasteiger partial charge in [-0.15, -0.1) is 11.3 Å². The van der Waals surface area contributed by atoms with E-state index in [1.165, 1.54) is 4.88 Å². The molecule has 1 atom stereocenters. The van der Waals surface area contributed by atoms with E-state index in [9.17, 15) is 5.11 Å². The van der Waals surface area contributed by atoms with Crippen LogP contribution in [0.25, 0.3) is 0 Å². The van der Waals surface area contributed by atoms with Crippen molar-refractivity contribution in [1.29, 1.82) is 0 Å². The van der Waals surface area contributed by atoms with Crippen molar-refractivity contribution in [2.24, 2.45) is 0 Å². The number of ether oxygens (including phenoxy) is 1. The van der Waals surface area contributed by atoms with Crippen molar-refractivity contribution in [3.8, 4) is 0 Å². The highest BCUT2D eigenvalue weighted by Gasteiger charge is 2.05. The number of nitrogens with one attached hydrogen (secondary N) is 1. The molecule has 0 saturated heterocycles. The van der Waals surface area contributed by atoms with Crippen molar-refractivity contribution in [1.82, 2.24) is 10.5 Å². The summed E-state index contributed by atoms with van der Waals surface area (Å²) < 4.78 is 5.39. The zero-order valence-corrected chi connectivity index (χ0v) is 11.1. The van der Waals surface area contributed by atoms with E-state index in [0.717, 1.165) is 12.1 Å². The van der Waals surface area contributed by atoms with E-state index < -0.39 is 6.10 Å². The first-order chi connectivity index (χ1) is 8.24. The van der Waals surface area contributed by atoms with Gasteiger partial charge in [0, 0.05) is 17.8 Å². The maximum absolute atomic E-state index is 9.51. The fourth-order valence-electron chi connectivity index (χ4n) is 1.27. The smallest absolute Gasteiger partial charge is 0.0920 e. The molecule has 2 N–H and O–H groups in total. The van der Waals surface area contributed by atoms with Gasteiger partial charge in [-0.1, -0.05) is 0 Å². The summed E-state index contributed by atoms with van der Waals surface area (Å²) in [4.78, 5) is 10.3. The Balaban J connectivity index is 2.02. The molecule has 0 aliphatic heterocycles. The van der Waals surface area contributed by atoms with Crippen LogP contribution in [-0.2, 0) is 16.0 Å². The fraction of sp³-hybridized carbons (Fsp3) is 0.727. The van der Waals surface area contributed by atoms with Gasteiger partial charge < -0.3 is 14.7 Å². The van der Waals surface area contributed by atoms with Crippen LogP contribution in [-0.4, -0.2) is 42.6 Å². The third kappa shape index (κ3) is 6.09. The molecular formula is C11H20N2O3S. The first kappa shape index (κ1) is 14.5. The second-order valence-electron chi connectivity index (χ2n) is 3.62. The van der Waals surface area contributed by atoms with Crippen LogP contribution in [0.4, 0.5) is 0 Å². The minimum Gasteiger partial charge on any atom is -0.389 e. The van der Waals surface area contributed by atoms with E-state index in [1.807, 2.05) is 19.4 Å². The summed E-state index contributed by atoms with van der Waals surface area (Å²) in [5.74, 6) is 0. The molecule has 1 unspecified atom stereocenters. The van der Waals surface area contributed by atoms with E-state index in [-0.39, 0.29) is 0 Å². The van der Waals surface area contributed by atoms with E-state index in [0.29, 0.717) is 26.4 Å². The Morgan fingerprint density at radius 1 is 1.59 bits per heavy atom. The molecule has 5 nitrogen and oxygen atoms in total. The van der Waals surface area contributed by atoms with Gasteiger partial charge >= 0.3 is 0 Å². The topological polar surface area (TPSA) is 63.6 Å². The lowest BCUT2D eigenvalue weighted by Crippen LogP contribution is -2.30. The monoisotopic (exact) mass is 260 g/mol. The summed E-state index contributed by atoms with van der Waals surface area (Å²) in [6.07, 6.45) is 0.311. The lowest BCUT2D eigenvalue weighted by molar-refractivity contribution is -0.0105. The lowest BCUT2D eigenvalue weighted by atomic mass is 10.3. The number of hydroxylamine groups is 1. The van der Waals surface area contributed by atoms with Crippen LogP contribution in [0.3, 0.4) is 0 Å². The standard InChI is InChI=1S/C11H20N2O3S/c1-3-16-13-6-10(14)7-15-5-4-11-9(2)12-8-17-11/h8,10,13-14H,3-7H2,1-2H3. The van der Waals surface area contributed by atoms with Crippen LogP contribution >= 0.6 is 11.3 Å². The third-order valence-electron chi connectivity index (χ3n) is 2.19. The minimum atomic E-state index is -0.538. The fourth-order valence-corrected chi connectivity index (χ4v) is 2.03. The van der Waals surface area contributed by atoms with Crippen LogP contribution < -0.4 is 5.48 Å². The second kappa shape index (κ2) is 8.54. The summed E-state index contributed by atoms with van der Waals surface area (Å²) in [7, 11) is 0. The van der Waals surface area contributed by atoms with Gasteiger partial charge in [0.1, 0.15) is 0 Å². The summed E-state index contributed by atoms with van der Waals surface area (Å²) >= 11 is 1.64. The van der Waals surface area contributed by atoms with Gasteiger partial charge in [0.15, 0.2) is 0 Å². The number of aromatic nitrogens is 1. The third-order valence-corrected chi connectivity index (χ3v) is 3.19. The molecule has 0 bridgehead atoms.